The summed E-state index contributed by atoms with van der Waals surface area (Å²) in [4.78, 5) is 64.4. The van der Waals surface area contributed by atoms with Gasteiger partial charge in [0.05, 0.1) is 5.94 Å². The molecule has 5 amide bonds. The Bertz CT molecular complexity index is 1480. The number of fused-ring (bicyclic) bond motifs is 1. The molecular formula is C25H25BF2N4O10. The van der Waals surface area contributed by atoms with Crippen LogP contribution in [0.1, 0.15) is 33.1 Å². The second-order valence-electron chi connectivity index (χ2n) is 9.51. The van der Waals surface area contributed by atoms with Crippen molar-refractivity contribution in [3.05, 3.63) is 52.3 Å². The Kier molecular flexibility index (Phi) is 8.51. The van der Waals surface area contributed by atoms with Crippen molar-refractivity contribution in [1.82, 2.24) is 20.4 Å². The first-order chi connectivity index (χ1) is 19.8. The molecule has 0 spiro atoms. The molecule has 2 aromatic carbocycles. The quantitative estimate of drug-likeness (QED) is 0.142. The van der Waals surface area contributed by atoms with Gasteiger partial charge in [-0.05, 0) is 36.6 Å². The highest BCUT2D eigenvalue weighted by Gasteiger charge is 2.42. The fourth-order valence-electron chi connectivity index (χ4n) is 4.71. The van der Waals surface area contributed by atoms with Crippen LogP contribution < -0.4 is 15.3 Å². The molecule has 0 bridgehead atoms. The van der Waals surface area contributed by atoms with Gasteiger partial charge >= 0.3 is 30.9 Å². The predicted octanol–water partition coefficient (Wildman–Crippen LogP) is -0.226. The lowest BCUT2D eigenvalue weighted by Crippen LogP contribution is -2.60. The number of phenolic OH excluding ortho intramolecular Hbond substituents is 2. The van der Waals surface area contributed by atoms with Crippen molar-refractivity contribution in [2.45, 2.75) is 25.3 Å². The lowest BCUT2D eigenvalue weighted by atomic mass is 9.72. The van der Waals surface area contributed by atoms with E-state index in [0.29, 0.717) is 4.90 Å². The van der Waals surface area contributed by atoms with Gasteiger partial charge < -0.3 is 40.5 Å². The number of carboxylic acids is 1. The van der Waals surface area contributed by atoms with E-state index in [2.05, 4.69) is 10.6 Å². The van der Waals surface area contributed by atoms with Crippen LogP contribution in [0.2, 0.25) is 0 Å². The molecule has 1 fully saturated rings. The molecule has 42 heavy (non-hydrogen) atoms. The van der Waals surface area contributed by atoms with E-state index in [-0.39, 0.29) is 42.7 Å². The van der Waals surface area contributed by atoms with E-state index in [4.69, 9.17) is 4.65 Å². The molecule has 6 N–H and O–H groups in total. The van der Waals surface area contributed by atoms with Crippen LogP contribution in [0.25, 0.3) is 0 Å². The number of hydrogen-bond acceptors (Lipinski definition) is 9. The highest BCUT2D eigenvalue weighted by molar-refractivity contribution is 6.47. The molecule has 1 saturated heterocycles. The van der Waals surface area contributed by atoms with Crippen molar-refractivity contribution in [1.29, 1.82) is 0 Å². The van der Waals surface area contributed by atoms with Crippen LogP contribution in [0.3, 0.4) is 0 Å². The van der Waals surface area contributed by atoms with Gasteiger partial charge in [-0.25, -0.2) is 18.4 Å². The third-order valence-corrected chi connectivity index (χ3v) is 6.95. The highest BCUT2D eigenvalue weighted by atomic mass is 19.1. The number of halogens is 2. The number of aromatic carboxylic acids is 1. The number of carboxylic acid groups (broad SMARTS) is 1. The molecule has 2 aliphatic rings. The van der Waals surface area contributed by atoms with Crippen LogP contribution in [0.4, 0.5) is 13.6 Å². The SMILES string of the molecule is Cc1c(C(NC(=O)N2CCN(CCF)C(=O)C2=O)C(=O)N[C@H]2Cc3ccc(F)c(C(=O)O)c3OB2O)ccc(O)c1O. The van der Waals surface area contributed by atoms with Gasteiger partial charge in [0, 0.05) is 25.2 Å². The first-order valence-electron chi connectivity index (χ1n) is 12.5. The van der Waals surface area contributed by atoms with Gasteiger partial charge in [0.15, 0.2) is 11.5 Å². The molecule has 2 heterocycles. The maximum absolute atomic E-state index is 14.1. The summed E-state index contributed by atoms with van der Waals surface area (Å²) in [6.45, 7) is -0.365. The average Bonchev–Trinajstić information content (AvgIpc) is 2.93. The molecule has 2 aliphatic heterocycles. The molecule has 0 aliphatic carbocycles. The number of amides is 5. The standard InChI is InChI=1S/C25H25BF2N4O10/c1-11-13(3-5-15(33)19(11)34)18(30-25(40)32-9-8-31(7-6-27)22(36)23(32)37)21(35)29-16-10-12-2-4-14(28)17(24(38)39)20(12)42-26(16)41/h2-5,16,18,33-34,41H,6-10H2,1H3,(H,29,35)(H,30,40)(H,38,39)/t16-,18?/m0/s1. The smallest absolute Gasteiger partial charge is 0.534 e. The summed E-state index contributed by atoms with van der Waals surface area (Å²) < 4.78 is 32.0. The van der Waals surface area contributed by atoms with E-state index in [1.165, 1.54) is 19.1 Å². The Labute approximate surface area is 236 Å². The van der Waals surface area contributed by atoms with Crippen LogP contribution in [0.15, 0.2) is 24.3 Å². The average molecular weight is 590 g/mol. The number of urea groups is 1. The minimum Gasteiger partial charge on any atom is -0.534 e. The monoisotopic (exact) mass is 590 g/mol. The zero-order valence-electron chi connectivity index (χ0n) is 22.0. The first kappa shape index (κ1) is 30.0. The summed E-state index contributed by atoms with van der Waals surface area (Å²) in [6, 6.07) is 1.52. The number of rotatable bonds is 7. The zero-order chi connectivity index (χ0) is 30.9. The minimum atomic E-state index is -1.85. The van der Waals surface area contributed by atoms with Crippen molar-refractivity contribution < 1.29 is 57.8 Å². The molecule has 17 heteroatoms. The maximum Gasteiger partial charge on any atom is 0.547 e. The van der Waals surface area contributed by atoms with Gasteiger partial charge in [0.25, 0.3) is 0 Å². The van der Waals surface area contributed by atoms with Crippen molar-refractivity contribution in [3.8, 4) is 17.2 Å². The molecule has 2 atom stereocenters. The first-order valence-corrected chi connectivity index (χ1v) is 12.5. The summed E-state index contributed by atoms with van der Waals surface area (Å²) in [7, 11) is -1.85. The van der Waals surface area contributed by atoms with Crippen LogP contribution in [0, 0.1) is 12.7 Å². The topological polar surface area (TPSA) is 206 Å². The van der Waals surface area contributed by atoms with Gasteiger partial charge in [-0.15, -0.1) is 0 Å². The Hall–Kier alpha value is -4.93. The lowest BCUT2D eigenvalue weighted by molar-refractivity contribution is -0.153. The summed E-state index contributed by atoms with van der Waals surface area (Å²) in [6.07, 6.45) is -0.215. The van der Waals surface area contributed by atoms with Crippen molar-refractivity contribution in [3.63, 3.8) is 0 Å². The second-order valence-corrected chi connectivity index (χ2v) is 9.51. The van der Waals surface area contributed by atoms with Crippen molar-refractivity contribution in [2.75, 3.05) is 26.3 Å². The Morgan fingerprint density at radius 3 is 2.52 bits per heavy atom. The lowest BCUT2D eigenvalue weighted by Gasteiger charge is -2.33. The van der Waals surface area contributed by atoms with Gasteiger partial charge in [0.2, 0.25) is 5.91 Å². The number of carbonyl (C=O) groups excluding carboxylic acids is 4. The molecule has 4 rings (SSSR count). The maximum atomic E-state index is 14.1. The molecule has 1 unspecified atom stereocenters. The number of alkyl halides is 1. The van der Waals surface area contributed by atoms with Gasteiger partial charge in [-0.1, -0.05) is 12.1 Å². The number of phenols is 2. The Morgan fingerprint density at radius 1 is 1.14 bits per heavy atom. The zero-order valence-corrected chi connectivity index (χ0v) is 22.0. The number of imide groups is 1. The highest BCUT2D eigenvalue weighted by Crippen LogP contribution is 2.35. The number of benzene rings is 2. The molecule has 222 valence electrons. The van der Waals surface area contributed by atoms with Crippen LogP contribution >= 0.6 is 0 Å². The largest absolute Gasteiger partial charge is 0.547 e. The van der Waals surface area contributed by atoms with E-state index in [0.717, 1.165) is 17.0 Å². The van der Waals surface area contributed by atoms with Crippen LogP contribution in [0.5, 0.6) is 17.2 Å². The number of nitrogens with one attached hydrogen (secondary N) is 2. The van der Waals surface area contributed by atoms with Gasteiger partial charge in [-0.3, -0.25) is 19.3 Å². The van der Waals surface area contributed by atoms with Gasteiger partial charge in [0.1, 0.15) is 29.8 Å². The summed E-state index contributed by atoms with van der Waals surface area (Å²) in [5.74, 6) is -8.90. The molecule has 0 saturated carbocycles. The molecular weight excluding hydrogens is 565 g/mol. The Morgan fingerprint density at radius 2 is 1.86 bits per heavy atom. The third-order valence-electron chi connectivity index (χ3n) is 6.95. The van der Waals surface area contributed by atoms with E-state index >= 15 is 0 Å². The fraction of sp³-hybridized carbons (Fsp3) is 0.320. The third kappa shape index (κ3) is 5.63. The van der Waals surface area contributed by atoms with Crippen molar-refractivity contribution in [2.24, 2.45) is 0 Å². The van der Waals surface area contributed by atoms with E-state index in [1.54, 1.807) is 0 Å². The molecule has 14 nitrogen and oxygen atoms in total. The fourth-order valence-corrected chi connectivity index (χ4v) is 4.71. The van der Waals surface area contributed by atoms with E-state index in [9.17, 15) is 53.1 Å². The van der Waals surface area contributed by atoms with Crippen LogP contribution in [-0.2, 0) is 20.8 Å². The second kappa shape index (κ2) is 11.9. The Balaban J connectivity index is 1.61. The minimum absolute atomic E-state index is 0.0296. The molecule has 2 aromatic rings. The molecule has 0 aromatic heterocycles. The van der Waals surface area contributed by atoms with E-state index < -0.39 is 84.1 Å². The molecule has 0 radical (unpaired) electrons. The number of aromatic hydroxyl groups is 2. The normalized spacial score (nSPS) is 17.3. The number of carbonyl (C=O) groups is 5. The summed E-state index contributed by atoms with van der Waals surface area (Å²) in [5.41, 5.74) is -0.716. The number of hydrogen-bond donors (Lipinski definition) is 6. The number of nitrogens with zero attached hydrogens (tertiary/aromatic N) is 2. The number of piperazine rings is 1. The summed E-state index contributed by atoms with van der Waals surface area (Å²) >= 11 is 0. The van der Waals surface area contributed by atoms with Crippen LogP contribution in [-0.4, -0.2) is 99.2 Å². The van der Waals surface area contributed by atoms with E-state index in [1.807, 2.05) is 0 Å². The van der Waals surface area contributed by atoms with Gasteiger partial charge in [-0.2, -0.15) is 0 Å². The van der Waals surface area contributed by atoms with Crippen molar-refractivity contribution >= 4 is 36.8 Å². The predicted molar refractivity (Wildman–Crippen MR) is 138 cm³/mol. The summed E-state index contributed by atoms with van der Waals surface area (Å²) in [5, 5.41) is 44.7.